The molecule has 5 fully saturated rings. The smallest absolute Gasteiger partial charge is 0.313 e. The lowest BCUT2D eigenvalue weighted by Gasteiger charge is -2.71. The van der Waals surface area contributed by atoms with Gasteiger partial charge in [-0.25, -0.2) is 0 Å². The zero-order valence-corrected chi connectivity index (χ0v) is 35.5. The van der Waals surface area contributed by atoms with Crippen LogP contribution in [-0.2, 0) is 20.9 Å². The van der Waals surface area contributed by atoms with Gasteiger partial charge in [-0.3, -0.25) is 14.4 Å². The molecule has 59 heavy (non-hydrogen) atoms. The van der Waals surface area contributed by atoms with Crippen molar-refractivity contribution in [3.05, 3.63) is 102 Å². The maximum atomic E-state index is 15.5. The van der Waals surface area contributed by atoms with Gasteiger partial charge in [-0.1, -0.05) is 88.4 Å². The first-order valence-corrected chi connectivity index (χ1v) is 22.0. The van der Waals surface area contributed by atoms with Crippen LogP contribution in [-0.4, -0.2) is 63.7 Å². The second kappa shape index (κ2) is 12.4. The van der Waals surface area contributed by atoms with Gasteiger partial charge in [-0.15, -0.1) is 0 Å². The Morgan fingerprint density at radius 1 is 0.831 bits per heavy atom. The summed E-state index contributed by atoms with van der Waals surface area (Å²) in [6.07, 6.45) is 12.4. The quantitative estimate of drug-likeness (QED) is 0.133. The Hall–Kier alpha value is -4.27. The van der Waals surface area contributed by atoms with Gasteiger partial charge in [0.2, 0.25) is 0 Å². The van der Waals surface area contributed by atoms with Gasteiger partial charge in [-0.2, -0.15) is 0 Å². The molecule has 4 saturated carbocycles. The number of rotatable bonds is 8. The molecule has 0 aromatic heterocycles. The molecule has 8 nitrogen and oxygen atoms in total. The highest BCUT2D eigenvalue weighted by Crippen LogP contribution is 2.78. The van der Waals surface area contributed by atoms with Crippen LogP contribution < -0.4 is 4.74 Å². The molecule has 7 aliphatic carbocycles. The Bertz CT molecular complexity index is 2360. The molecule has 310 valence electrons. The van der Waals surface area contributed by atoms with Crippen LogP contribution in [0.5, 0.6) is 5.75 Å². The van der Waals surface area contributed by atoms with Crippen molar-refractivity contribution < 1.29 is 34.1 Å². The van der Waals surface area contributed by atoms with Crippen LogP contribution in [0, 0.1) is 44.3 Å². The minimum atomic E-state index is -1.34. The molecule has 2 spiro atoms. The molecule has 10 unspecified atom stereocenters. The third kappa shape index (κ3) is 4.71. The van der Waals surface area contributed by atoms with Gasteiger partial charge >= 0.3 is 5.97 Å². The summed E-state index contributed by atoms with van der Waals surface area (Å²) in [5.41, 5.74) is -3.74. The molecule has 8 heteroatoms. The van der Waals surface area contributed by atoms with Crippen molar-refractivity contribution in [3.63, 3.8) is 0 Å². The summed E-state index contributed by atoms with van der Waals surface area (Å²) >= 11 is 0. The van der Waals surface area contributed by atoms with Crippen LogP contribution in [0.2, 0.25) is 0 Å². The number of hydrogen-bond donors (Lipinski definition) is 2. The number of esters is 1. The van der Waals surface area contributed by atoms with Crippen LogP contribution in [0.4, 0.5) is 0 Å². The number of hydrogen-bond acceptors (Lipinski definition) is 7. The highest BCUT2D eigenvalue weighted by atomic mass is 16.6. The fraction of sp³-hybridized carbons (Fsp3) is 0.549. The van der Waals surface area contributed by atoms with Crippen LogP contribution in [0.25, 0.3) is 10.8 Å². The monoisotopic (exact) mass is 797 g/mol. The number of allylic oxidation sites excluding steroid dienone is 4. The summed E-state index contributed by atoms with van der Waals surface area (Å²) in [6, 6.07) is 21.7. The minimum Gasteiger partial charge on any atom is -0.497 e. The van der Waals surface area contributed by atoms with Crippen molar-refractivity contribution in [2.45, 2.75) is 116 Å². The van der Waals surface area contributed by atoms with E-state index < -0.39 is 44.4 Å². The van der Waals surface area contributed by atoms with Gasteiger partial charge in [0, 0.05) is 39.3 Å². The lowest BCUT2D eigenvalue weighted by atomic mass is 9.32. The third-order valence-corrected chi connectivity index (χ3v) is 18.7. The molecule has 1 saturated heterocycles. The molecular weight excluding hydrogens is 739 g/mol. The van der Waals surface area contributed by atoms with E-state index in [4.69, 9.17) is 9.47 Å². The van der Waals surface area contributed by atoms with Crippen LogP contribution in [0.1, 0.15) is 108 Å². The number of amides is 1. The summed E-state index contributed by atoms with van der Waals surface area (Å²) in [6.45, 7) is 10.9. The number of carbonyl (C=O) groups is 3. The SMILES string of the molecule is COc1ccc(C(=O)C2=CC34C=CC25C(CCC2(C)C5CCC2(O)CN(Cc2cccc5ccccc25)C(=O)C25CCC(C)(C(=O)O2)C5(C)C)C3(C)CCC(O)C4)cc1. The molecule has 10 atom stereocenters. The Balaban J connectivity index is 1.08. The Labute approximate surface area is 348 Å². The maximum absolute atomic E-state index is 15.5. The number of ketones is 1. The van der Waals surface area contributed by atoms with E-state index in [9.17, 15) is 15.0 Å². The van der Waals surface area contributed by atoms with E-state index in [2.05, 4.69) is 56.3 Å². The Morgan fingerprint density at radius 2 is 1.53 bits per heavy atom. The van der Waals surface area contributed by atoms with Crippen LogP contribution >= 0.6 is 0 Å². The molecule has 2 N–H and O–H groups in total. The number of aliphatic hydroxyl groups excluding tert-OH is 1. The van der Waals surface area contributed by atoms with E-state index in [1.807, 2.05) is 68.1 Å². The number of nitrogens with zero attached hydrogens (tertiary/aromatic N) is 1. The normalized spacial score (nSPS) is 40.8. The lowest BCUT2D eigenvalue weighted by molar-refractivity contribution is -0.187. The van der Waals surface area contributed by atoms with E-state index in [1.165, 1.54) is 0 Å². The maximum Gasteiger partial charge on any atom is 0.313 e. The molecule has 1 aliphatic heterocycles. The topological polar surface area (TPSA) is 113 Å². The molecule has 1 amide bonds. The molecule has 1 heterocycles. The fourth-order valence-electron chi connectivity index (χ4n) is 14.6. The average molecular weight is 798 g/mol. The summed E-state index contributed by atoms with van der Waals surface area (Å²) < 4.78 is 11.7. The van der Waals surface area contributed by atoms with E-state index in [-0.39, 0.29) is 48.0 Å². The van der Waals surface area contributed by atoms with E-state index in [0.717, 1.165) is 47.6 Å². The first kappa shape index (κ1) is 38.9. The largest absolute Gasteiger partial charge is 0.497 e. The third-order valence-electron chi connectivity index (χ3n) is 18.7. The second-order valence-electron chi connectivity index (χ2n) is 20.8. The van der Waals surface area contributed by atoms with Gasteiger partial charge in [0.25, 0.3) is 5.91 Å². The molecule has 3 aromatic carbocycles. The number of methoxy groups -OCH3 is 1. The van der Waals surface area contributed by atoms with Gasteiger partial charge in [0.1, 0.15) is 5.75 Å². The fourth-order valence-corrected chi connectivity index (χ4v) is 14.6. The Kier molecular flexibility index (Phi) is 8.18. The first-order chi connectivity index (χ1) is 27.9. The number of ether oxygens (including phenoxy) is 2. The number of benzene rings is 3. The number of fused-ring (bicyclic) bond motifs is 4. The molecule has 0 radical (unpaired) electrons. The number of Topliss-reactive ketones (excluding diaryl/α,β-unsaturated/α-hetero) is 1. The summed E-state index contributed by atoms with van der Waals surface area (Å²) in [4.78, 5) is 46.0. The molecular formula is C51H59NO7. The molecule has 3 aromatic rings. The standard InChI is InChI=1S/C51H59NO7/c1-44(2)47(5)24-27-51(44,59-43(47)56)42(55)52(30-34-12-9-11-32-10-7-8-13-37(32)34)31-49(57)23-20-40-46(49,4)22-19-39-45(3)21-18-35(53)28-48(45)25-26-50(39,40)38(29-48)41(54)33-14-16-36(58-6)17-15-33/h7-17,25-26,29,35,39-40,53,57H,18-24,27-28,30-31H2,1-6H3. The Morgan fingerprint density at radius 3 is 2.24 bits per heavy atom. The summed E-state index contributed by atoms with van der Waals surface area (Å²) in [5, 5.41) is 26.8. The van der Waals surface area contributed by atoms with Gasteiger partial charge in [-0.05, 0) is 123 Å². The predicted octanol–water partition coefficient (Wildman–Crippen LogP) is 8.77. The predicted molar refractivity (Wildman–Crippen MR) is 225 cm³/mol. The zero-order chi connectivity index (χ0) is 41.6. The van der Waals surface area contributed by atoms with Crippen molar-refractivity contribution in [3.8, 4) is 5.75 Å². The summed E-state index contributed by atoms with van der Waals surface area (Å²) in [5.74, 6) is 0.166. The van der Waals surface area contributed by atoms with Gasteiger partial charge in [0.15, 0.2) is 11.4 Å². The van der Waals surface area contributed by atoms with Crippen molar-refractivity contribution in [2.24, 2.45) is 44.3 Å². The minimum absolute atomic E-state index is 0.00963. The molecule has 4 bridgehead atoms. The highest BCUT2D eigenvalue weighted by Gasteiger charge is 2.78. The number of carbonyl (C=O) groups excluding carboxylic acids is 3. The van der Waals surface area contributed by atoms with Crippen LogP contribution in [0.3, 0.4) is 0 Å². The number of aliphatic hydroxyl groups is 2. The molecule has 8 aliphatic rings. The average Bonchev–Trinajstić information content (AvgIpc) is 3.68. The second-order valence-corrected chi connectivity index (χ2v) is 20.8. The van der Waals surface area contributed by atoms with Gasteiger partial charge < -0.3 is 24.6 Å². The van der Waals surface area contributed by atoms with E-state index in [1.54, 1.807) is 7.11 Å². The summed E-state index contributed by atoms with van der Waals surface area (Å²) in [7, 11) is 1.62. The van der Waals surface area contributed by atoms with Crippen LogP contribution in [0.15, 0.2) is 90.5 Å². The molecule has 11 rings (SSSR count). The van der Waals surface area contributed by atoms with Crippen molar-refractivity contribution >= 4 is 28.4 Å². The van der Waals surface area contributed by atoms with Crippen molar-refractivity contribution in [1.82, 2.24) is 4.90 Å². The highest BCUT2D eigenvalue weighted by molar-refractivity contribution is 6.10. The van der Waals surface area contributed by atoms with E-state index >= 15 is 9.59 Å². The van der Waals surface area contributed by atoms with Crippen molar-refractivity contribution in [2.75, 3.05) is 13.7 Å². The van der Waals surface area contributed by atoms with Crippen molar-refractivity contribution in [1.29, 1.82) is 0 Å². The zero-order valence-electron chi connectivity index (χ0n) is 35.5. The van der Waals surface area contributed by atoms with E-state index in [0.29, 0.717) is 43.4 Å². The first-order valence-electron chi connectivity index (χ1n) is 22.0. The lowest BCUT2D eigenvalue weighted by Crippen LogP contribution is -2.67. The van der Waals surface area contributed by atoms with Gasteiger partial charge in [0.05, 0.1) is 30.8 Å².